The lowest BCUT2D eigenvalue weighted by molar-refractivity contribution is -0.137. The van der Waals surface area contributed by atoms with Crippen molar-refractivity contribution in [2.75, 3.05) is 49.9 Å². The molecule has 6 nitrogen and oxygen atoms in total. The minimum atomic E-state index is -3.23. The molecule has 144 valence electrons. The van der Waals surface area contributed by atoms with E-state index in [4.69, 9.17) is 11.6 Å². The summed E-state index contributed by atoms with van der Waals surface area (Å²) >= 11 is 6.06. The molecule has 0 aromatic heterocycles. The molecule has 1 aromatic carbocycles. The molecule has 0 radical (unpaired) electrons. The van der Waals surface area contributed by atoms with Crippen molar-refractivity contribution >= 4 is 33.2 Å². The van der Waals surface area contributed by atoms with Crippen LogP contribution in [0.3, 0.4) is 0 Å². The van der Waals surface area contributed by atoms with Crippen LogP contribution in [-0.2, 0) is 14.8 Å². The summed E-state index contributed by atoms with van der Waals surface area (Å²) in [5.74, 6) is -0.0405. The van der Waals surface area contributed by atoms with Crippen LogP contribution in [0.15, 0.2) is 24.3 Å². The highest BCUT2D eigenvalue weighted by Gasteiger charge is 2.34. The maximum atomic E-state index is 12.9. The van der Waals surface area contributed by atoms with Crippen LogP contribution in [0.1, 0.15) is 19.8 Å². The molecule has 8 heteroatoms. The summed E-state index contributed by atoms with van der Waals surface area (Å²) in [5, 5.41) is 0.709. The molecule has 2 heterocycles. The van der Waals surface area contributed by atoms with Gasteiger partial charge in [0.25, 0.3) is 0 Å². The van der Waals surface area contributed by atoms with Gasteiger partial charge in [-0.15, -0.1) is 0 Å². The first-order chi connectivity index (χ1) is 12.4. The number of carbonyl (C=O) groups is 1. The molecular formula is C18H26ClN3O3S. The lowest BCUT2D eigenvalue weighted by Gasteiger charge is -2.39. The monoisotopic (exact) mass is 399 g/mol. The Morgan fingerprint density at radius 3 is 2.58 bits per heavy atom. The molecule has 2 fully saturated rings. The van der Waals surface area contributed by atoms with Crippen LogP contribution in [0, 0.1) is 5.92 Å². The summed E-state index contributed by atoms with van der Waals surface area (Å²) in [4.78, 5) is 17.0. The first kappa shape index (κ1) is 19.5. The lowest BCUT2D eigenvalue weighted by atomic mass is 9.97. The van der Waals surface area contributed by atoms with E-state index < -0.39 is 10.0 Å². The molecule has 26 heavy (non-hydrogen) atoms. The van der Waals surface area contributed by atoms with Gasteiger partial charge in [0.1, 0.15) is 0 Å². The van der Waals surface area contributed by atoms with Crippen LogP contribution in [0.5, 0.6) is 0 Å². The molecule has 0 unspecified atom stereocenters. The average Bonchev–Trinajstić information content (AvgIpc) is 2.67. The molecule has 2 saturated heterocycles. The largest absolute Gasteiger partial charge is 0.368 e. The quantitative estimate of drug-likeness (QED) is 0.777. The molecule has 2 aliphatic heterocycles. The number of piperazine rings is 1. The Kier molecular flexibility index (Phi) is 6.10. The van der Waals surface area contributed by atoms with E-state index in [1.165, 1.54) is 4.31 Å². The summed E-state index contributed by atoms with van der Waals surface area (Å²) in [6.07, 6.45) is 1.52. The van der Waals surface area contributed by atoms with Gasteiger partial charge in [0, 0.05) is 50.0 Å². The van der Waals surface area contributed by atoms with Crippen molar-refractivity contribution in [3.8, 4) is 0 Å². The minimum absolute atomic E-state index is 0.0895. The van der Waals surface area contributed by atoms with Crippen LogP contribution in [0.25, 0.3) is 0 Å². The summed E-state index contributed by atoms with van der Waals surface area (Å²) in [5.41, 5.74) is 1.07. The van der Waals surface area contributed by atoms with Crippen LogP contribution < -0.4 is 4.90 Å². The second-order valence-corrected chi connectivity index (χ2v) is 9.58. The van der Waals surface area contributed by atoms with E-state index >= 15 is 0 Å². The van der Waals surface area contributed by atoms with Gasteiger partial charge in [-0.25, -0.2) is 12.7 Å². The van der Waals surface area contributed by atoms with Crippen molar-refractivity contribution in [2.24, 2.45) is 5.92 Å². The van der Waals surface area contributed by atoms with E-state index in [0.717, 1.165) is 31.6 Å². The molecule has 0 saturated carbocycles. The summed E-state index contributed by atoms with van der Waals surface area (Å²) in [6, 6.07) is 7.75. The second-order valence-electron chi connectivity index (χ2n) is 6.89. The molecule has 2 aliphatic rings. The SMILES string of the molecule is CCS(=O)(=O)N1CCC[C@H](C(=O)N2CCN(c3cccc(Cl)c3)CC2)C1. The Morgan fingerprint density at radius 2 is 1.92 bits per heavy atom. The number of benzene rings is 1. The van der Waals surface area contributed by atoms with E-state index in [0.29, 0.717) is 31.2 Å². The fourth-order valence-electron chi connectivity index (χ4n) is 3.70. The van der Waals surface area contributed by atoms with E-state index in [1.54, 1.807) is 6.92 Å². The Balaban J connectivity index is 1.58. The molecule has 1 aromatic rings. The number of halogens is 1. The molecule has 1 amide bonds. The van der Waals surface area contributed by atoms with Crippen molar-refractivity contribution in [1.82, 2.24) is 9.21 Å². The zero-order valence-corrected chi connectivity index (χ0v) is 16.7. The topological polar surface area (TPSA) is 60.9 Å². The zero-order chi connectivity index (χ0) is 18.7. The molecular weight excluding hydrogens is 374 g/mol. The lowest BCUT2D eigenvalue weighted by Crippen LogP contribution is -2.53. The number of rotatable bonds is 4. The number of nitrogens with zero attached hydrogens (tertiary/aromatic N) is 3. The molecule has 3 rings (SSSR count). The first-order valence-corrected chi connectivity index (χ1v) is 11.2. The zero-order valence-electron chi connectivity index (χ0n) is 15.1. The molecule has 0 N–H and O–H groups in total. The third-order valence-corrected chi connectivity index (χ3v) is 7.34. The van der Waals surface area contributed by atoms with Gasteiger partial charge in [-0.3, -0.25) is 4.79 Å². The normalized spacial score (nSPS) is 22.5. The van der Waals surface area contributed by atoms with Crippen molar-refractivity contribution in [3.63, 3.8) is 0 Å². The minimum Gasteiger partial charge on any atom is -0.368 e. The Bertz CT molecular complexity index is 748. The van der Waals surface area contributed by atoms with Gasteiger partial charge in [0.2, 0.25) is 15.9 Å². The maximum absolute atomic E-state index is 12.9. The molecule has 0 spiro atoms. The highest BCUT2D eigenvalue weighted by atomic mass is 35.5. The van der Waals surface area contributed by atoms with Crippen molar-refractivity contribution in [1.29, 1.82) is 0 Å². The second kappa shape index (κ2) is 8.15. The van der Waals surface area contributed by atoms with E-state index in [1.807, 2.05) is 29.2 Å². The van der Waals surface area contributed by atoms with Gasteiger partial charge in [0.05, 0.1) is 11.7 Å². The van der Waals surface area contributed by atoms with Gasteiger partial charge in [-0.1, -0.05) is 17.7 Å². The molecule has 0 bridgehead atoms. The van der Waals surface area contributed by atoms with Crippen LogP contribution in [0.4, 0.5) is 5.69 Å². The van der Waals surface area contributed by atoms with E-state index in [-0.39, 0.29) is 17.6 Å². The summed E-state index contributed by atoms with van der Waals surface area (Å²) in [7, 11) is -3.23. The van der Waals surface area contributed by atoms with Crippen molar-refractivity contribution in [2.45, 2.75) is 19.8 Å². The number of anilines is 1. The van der Waals surface area contributed by atoms with Crippen LogP contribution in [0.2, 0.25) is 5.02 Å². The van der Waals surface area contributed by atoms with Crippen LogP contribution >= 0.6 is 11.6 Å². The fraction of sp³-hybridized carbons (Fsp3) is 0.611. The van der Waals surface area contributed by atoms with Gasteiger partial charge < -0.3 is 9.80 Å². The standard InChI is InChI=1S/C18H26ClN3O3S/c1-2-26(24,25)22-8-4-5-15(14-22)18(23)21-11-9-20(10-12-21)17-7-3-6-16(19)13-17/h3,6-7,13,15H,2,4-5,8-12,14H2,1H3/t15-/m0/s1. The Morgan fingerprint density at radius 1 is 1.19 bits per heavy atom. The Hall–Kier alpha value is -1.31. The van der Waals surface area contributed by atoms with Gasteiger partial charge in [-0.05, 0) is 38.0 Å². The third kappa shape index (κ3) is 4.32. The average molecular weight is 400 g/mol. The van der Waals surface area contributed by atoms with E-state index in [9.17, 15) is 13.2 Å². The molecule has 0 aliphatic carbocycles. The van der Waals surface area contributed by atoms with Gasteiger partial charge >= 0.3 is 0 Å². The summed E-state index contributed by atoms with van der Waals surface area (Å²) < 4.78 is 25.7. The number of piperidine rings is 1. The molecule has 1 atom stereocenters. The maximum Gasteiger partial charge on any atom is 0.227 e. The third-order valence-electron chi connectivity index (χ3n) is 5.26. The number of hydrogen-bond acceptors (Lipinski definition) is 4. The first-order valence-electron chi connectivity index (χ1n) is 9.18. The smallest absolute Gasteiger partial charge is 0.227 e. The highest BCUT2D eigenvalue weighted by Crippen LogP contribution is 2.24. The number of hydrogen-bond donors (Lipinski definition) is 0. The number of sulfonamides is 1. The fourth-order valence-corrected chi connectivity index (χ4v) is 5.06. The van der Waals surface area contributed by atoms with Gasteiger partial charge in [-0.2, -0.15) is 0 Å². The summed E-state index contributed by atoms with van der Waals surface area (Å²) in [6.45, 7) is 5.33. The predicted molar refractivity (Wildman–Crippen MR) is 104 cm³/mol. The van der Waals surface area contributed by atoms with Crippen LogP contribution in [-0.4, -0.2) is 68.6 Å². The predicted octanol–water partition coefficient (Wildman–Crippen LogP) is 2.05. The van der Waals surface area contributed by atoms with Gasteiger partial charge in [0.15, 0.2) is 0 Å². The van der Waals surface area contributed by atoms with E-state index in [2.05, 4.69) is 4.90 Å². The number of carbonyl (C=O) groups excluding carboxylic acids is 1. The van der Waals surface area contributed by atoms with Crippen molar-refractivity contribution < 1.29 is 13.2 Å². The number of amides is 1. The highest BCUT2D eigenvalue weighted by molar-refractivity contribution is 7.89. The Labute approximate surface area is 160 Å². The van der Waals surface area contributed by atoms with Crippen molar-refractivity contribution in [3.05, 3.63) is 29.3 Å².